The Kier molecular flexibility index (Phi) is 4.48. The van der Waals surface area contributed by atoms with Gasteiger partial charge in [0.25, 0.3) is 0 Å². The van der Waals surface area contributed by atoms with Gasteiger partial charge in [0.1, 0.15) is 12.4 Å². The van der Waals surface area contributed by atoms with E-state index < -0.39 is 0 Å². The second-order valence-electron chi connectivity index (χ2n) is 5.98. The van der Waals surface area contributed by atoms with Crippen LogP contribution in [0.2, 0.25) is 0 Å². The van der Waals surface area contributed by atoms with Gasteiger partial charge in [0.15, 0.2) is 0 Å². The van der Waals surface area contributed by atoms with E-state index in [4.69, 9.17) is 15.1 Å². The summed E-state index contributed by atoms with van der Waals surface area (Å²) in [7, 11) is 0. The lowest BCUT2D eigenvalue weighted by Gasteiger charge is -2.21. The van der Waals surface area contributed by atoms with Gasteiger partial charge in [-0.05, 0) is 12.1 Å². The molecule has 0 saturated carbocycles. The van der Waals surface area contributed by atoms with Crippen LogP contribution in [0.25, 0.3) is 0 Å². The summed E-state index contributed by atoms with van der Waals surface area (Å²) in [5, 5.41) is 11.2. The highest BCUT2D eigenvalue weighted by Gasteiger charge is 2.17. The van der Waals surface area contributed by atoms with Crippen LogP contribution in [0.3, 0.4) is 0 Å². The van der Waals surface area contributed by atoms with Gasteiger partial charge in [0.05, 0.1) is 17.1 Å². The van der Waals surface area contributed by atoms with Gasteiger partial charge in [-0.25, -0.2) is 4.99 Å². The van der Waals surface area contributed by atoms with Crippen LogP contribution in [0, 0.1) is 5.41 Å². The Morgan fingerprint density at radius 1 is 0.923 bits per heavy atom. The molecule has 4 heteroatoms. The summed E-state index contributed by atoms with van der Waals surface area (Å²) < 4.78 is 5.68. The van der Waals surface area contributed by atoms with Crippen molar-refractivity contribution >= 4 is 23.3 Å². The van der Waals surface area contributed by atoms with E-state index in [9.17, 15) is 0 Å². The van der Waals surface area contributed by atoms with Crippen molar-refractivity contribution in [3.05, 3.63) is 89.5 Å². The Labute approximate surface area is 152 Å². The molecular formula is C22H19N3O. The van der Waals surface area contributed by atoms with E-state index in [-0.39, 0.29) is 0 Å². The summed E-state index contributed by atoms with van der Waals surface area (Å²) in [5.74, 6) is 0.773. The third-order valence-electron chi connectivity index (χ3n) is 4.32. The molecule has 3 aromatic carbocycles. The molecule has 0 aliphatic carbocycles. The Hall–Kier alpha value is -3.40. The lowest BCUT2D eigenvalue weighted by molar-refractivity contribution is 0.323. The molecule has 0 atom stereocenters. The highest BCUT2D eigenvalue weighted by atomic mass is 16.5. The van der Waals surface area contributed by atoms with Gasteiger partial charge in [0, 0.05) is 29.4 Å². The molecule has 3 aromatic rings. The van der Waals surface area contributed by atoms with E-state index in [0.29, 0.717) is 6.61 Å². The van der Waals surface area contributed by atoms with Crippen molar-refractivity contribution in [2.24, 2.45) is 4.99 Å². The number of nitrogens with one attached hydrogen (secondary N) is 2. The highest BCUT2D eigenvalue weighted by molar-refractivity contribution is 6.14. The molecule has 0 unspecified atom stereocenters. The summed E-state index contributed by atoms with van der Waals surface area (Å²) in [5.41, 5.74) is 5.29. The predicted octanol–water partition coefficient (Wildman–Crippen LogP) is 4.66. The Morgan fingerprint density at radius 3 is 2.19 bits per heavy atom. The normalized spacial score (nSPS) is 12.3. The number of aliphatic imine (C=N–C) groups is 1. The molecule has 0 fully saturated rings. The Bertz CT molecular complexity index is 908. The number of nitrogens with zero attached hydrogens (tertiary/aromatic N) is 1. The molecule has 4 rings (SSSR count). The zero-order valence-electron chi connectivity index (χ0n) is 14.3. The minimum absolute atomic E-state index is 0.631. The topological polar surface area (TPSA) is 57.5 Å². The van der Waals surface area contributed by atoms with Crippen LogP contribution in [-0.4, -0.2) is 25.1 Å². The van der Waals surface area contributed by atoms with Crippen molar-refractivity contribution in [2.45, 2.75) is 0 Å². The van der Waals surface area contributed by atoms with Gasteiger partial charge < -0.3 is 15.5 Å². The molecule has 1 heterocycles. The van der Waals surface area contributed by atoms with Crippen LogP contribution >= 0.6 is 0 Å². The van der Waals surface area contributed by atoms with Gasteiger partial charge in [-0.2, -0.15) is 0 Å². The molecule has 0 amide bonds. The fraction of sp³-hybridized carbons (Fsp3) is 0.0909. The summed E-state index contributed by atoms with van der Waals surface area (Å²) in [4.78, 5) is 4.95. The molecule has 0 radical (unpaired) electrons. The zero-order valence-corrected chi connectivity index (χ0v) is 14.3. The van der Waals surface area contributed by atoms with Crippen molar-refractivity contribution in [3.63, 3.8) is 0 Å². The molecule has 26 heavy (non-hydrogen) atoms. The number of hydrogen-bond donors (Lipinski definition) is 2. The van der Waals surface area contributed by atoms with E-state index in [0.717, 1.165) is 46.1 Å². The maximum atomic E-state index is 7.89. The number of ether oxygens (including phenoxy) is 1. The first-order chi connectivity index (χ1) is 12.9. The Morgan fingerprint density at radius 2 is 1.58 bits per heavy atom. The van der Waals surface area contributed by atoms with E-state index in [1.807, 2.05) is 48.5 Å². The van der Waals surface area contributed by atoms with Gasteiger partial charge >= 0.3 is 0 Å². The molecule has 0 saturated heterocycles. The molecule has 4 nitrogen and oxygen atoms in total. The van der Waals surface area contributed by atoms with Crippen molar-refractivity contribution < 1.29 is 4.74 Å². The van der Waals surface area contributed by atoms with E-state index in [2.05, 4.69) is 29.6 Å². The number of hydrogen-bond acceptors (Lipinski definition) is 4. The van der Waals surface area contributed by atoms with E-state index in [1.165, 1.54) is 6.21 Å². The molecule has 0 spiro atoms. The standard InChI is InChI=1S/C22H19N3O/c23-15-18-19(11-12-20-22(18)24-13-14-26-20)25-21(16-7-3-1-4-8-16)17-9-5-2-6-10-17/h1-12,15,23-24H,13-14H2. The van der Waals surface area contributed by atoms with Crippen molar-refractivity contribution in [2.75, 3.05) is 18.5 Å². The molecule has 128 valence electrons. The lowest BCUT2D eigenvalue weighted by Crippen LogP contribution is -2.19. The first-order valence-corrected chi connectivity index (χ1v) is 8.60. The fourth-order valence-corrected chi connectivity index (χ4v) is 3.08. The second kappa shape index (κ2) is 7.23. The van der Waals surface area contributed by atoms with Crippen molar-refractivity contribution in [1.29, 1.82) is 5.41 Å². The van der Waals surface area contributed by atoms with Crippen LogP contribution < -0.4 is 10.1 Å². The smallest absolute Gasteiger partial charge is 0.143 e. The van der Waals surface area contributed by atoms with Gasteiger partial charge in [-0.15, -0.1) is 0 Å². The van der Waals surface area contributed by atoms with Crippen LogP contribution in [0.1, 0.15) is 16.7 Å². The minimum atomic E-state index is 0.631. The van der Waals surface area contributed by atoms with Gasteiger partial charge in [-0.3, -0.25) is 0 Å². The summed E-state index contributed by atoms with van der Waals surface area (Å²) >= 11 is 0. The first-order valence-electron chi connectivity index (χ1n) is 8.60. The molecular weight excluding hydrogens is 322 g/mol. The molecule has 2 N–H and O–H groups in total. The molecule has 1 aliphatic heterocycles. The lowest BCUT2D eigenvalue weighted by atomic mass is 10.0. The quantitative estimate of drug-likeness (QED) is 0.678. The Balaban J connectivity index is 1.89. The summed E-state index contributed by atoms with van der Waals surface area (Å²) in [6, 6.07) is 24.1. The third kappa shape index (κ3) is 3.09. The SMILES string of the molecule is N=Cc1c(N=C(c2ccccc2)c2ccccc2)ccc2c1NCCO2. The van der Waals surface area contributed by atoms with Crippen LogP contribution in [0.5, 0.6) is 5.75 Å². The molecule has 1 aliphatic rings. The van der Waals surface area contributed by atoms with Crippen molar-refractivity contribution in [3.8, 4) is 5.75 Å². The van der Waals surface area contributed by atoms with Crippen LogP contribution in [-0.2, 0) is 0 Å². The van der Waals surface area contributed by atoms with Gasteiger partial charge in [0.2, 0.25) is 0 Å². The number of anilines is 1. The fourth-order valence-electron chi connectivity index (χ4n) is 3.08. The first kappa shape index (κ1) is 16.1. The third-order valence-corrected chi connectivity index (χ3v) is 4.32. The maximum absolute atomic E-state index is 7.89. The average molecular weight is 341 g/mol. The largest absolute Gasteiger partial charge is 0.490 e. The van der Waals surface area contributed by atoms with E-state index >= 15 is 0 Å². The monoisotopic (exact) mass is 341 g/mol. The van der Waals surface area contributed by atoms with Crippen molar-refractivity contribution in [1.82, 2.24) is 0 Å². The van der Waals surface area contributed by atoms with Gasteiger partial charge in [-0.1, -0.05) is 60.7 Å². The minimum Gasteiger partial charge on any atom is -0.490 e. The molecule has 0 aromatic heterocycles. The number of rotatable bonds is 4. The van der Waals surface area contributed by atoms with Crippen LogP contribution in [0.4, 0.5) is 11.4 Å². The number of benzene rings is 3. The maximum Gasteiger partial charge on any atom is 0.143 e. The summed E-state index contributed by atoms with van der Waals surface area (Å²) in [6.45, 7) is 1.36. The number of fused-ring (bicyclic) bond motifs is 1. The van der Waals surface area contributed by atoms with Crippen LogP contribution in [0.15, 0.2) is 77.8 Å². The average Bonchev–Trinajstić information content (AvgIpc) is 2.73. The summed E-state index contributed by atoms with van der Waals surface area (Å²) in [6.07, 6.45) is 1.34. The zero-order chi connectivity index (χ0) is 17.8. The molecule has 0 bridgehead atoms. The predicted molar refractivity (Wildman–Crippen MR) is 106 cm³/mol. The second-order valence-corrected chi connectivity index (χ2v) is 5.98. The highest BCUT2D eigenvalue weighted by Crippen LogP contribution is 2.36. The van der Waals surface area contributed by atoms with E-state index in [1.54, 1.807) is 0 Å².